The SMILES string of the molecule is COc1c(CNC(=O)NCc2ccc(C)s2)c(C)nn1C. The Balaban J connectivity index is 1.86. The normalized spacial score (nSPS) is 10.5. The van der Waals surface area contributed by atoms with Crippen molar-refractivity contribution >= 4 is 17.4 Å². The van der Waals surface area contributed by atoms with Crippen molar-refractivity contribution in [2.75, 3.05) is 7.11 Å². The molecule has 0 aliphatic rings. The molecule has 0 fully saturated rings. The number of aryl methyl sites for hydroxylation is 3. The number of nitrogens with zero attached hydrogens (tertiary/aromatic N) is 2. The number of rotatable bonds is 5. The highest BCUT2D eigenvalue weighted by Gasteiger charge is 2.14. The summed E-state index contributed by atoms with van der Waals surface area (Å²) in [5.41, 5.74) is 1.74. The molecule has 0 saturated carbocycles. The number of hydrogen-bond acceptors (Lipinski definition) is 4. The van der Waals surface area contributed by atoms with Gasteiger partial charge in [-0.15, -0.1) is 11.3 Å². The van der Waals surface area contributed by atoms with Crippen LogP contribution in [-0.2, 0) is 20.1 Å². The summed E-state index contributed by atoms with van der Waals surface area (Å²) in [6, 6.07) is 3.87. The smallest absolute Gasteiger partial charge is 0.315 e. The van der Waals surface area contributed by atoms with Crippen LogP contribution in [-0.4, -0.2) is 22.9 Å². The topological polar surface area (TPSA) is 68.2 Å². The maximum absolute atomic E-state index is 11.8. The van der Waals surface area contributed by atoms with Gasteiger partial charge in [0.05, 0.1) is 31.5 Å². The Hall–Kier alpha value is -2.02. The van der Waals surface area contributed by atoms with Gasteiger partial charge in [0.1, 0.15) is 0 Å². The average molecular weight is 308 g/mol. The third kappa shape index (κ3) is 3.75. The molecule has 0 aliphatic heterocycles. The molecule has 0 bridgehead atoms. The Morgan fingerprint density at radius 2 is 2.05 bits per heavy atom. The van der Waals surface area contributed by atoms with Crippen molar-refractivity contribution in [1.29, 1.82) is 0 Å². The first-order chi connectivity index (χ1) is 10.0. The molecule has 0 radical (unpaired) electrons. The van der Waals surface area contributed by atoms with Crippen LogP contribution >= 0.6 is 11.3 Å². The van der Waals surface area contributed by atoms with Crippen LogP contribution in [0.3, 0.4) is 0 Å². The minimum Gasteiger partial charge on any atom is -0.481 e. The second-order valence-corrected chi connectivity index (χ2v) is 6.12. The summed E-state index contributed by atoms with van der Waals surface area (Å²) in [7, 11) is 3.41. The number of aromatic nitrogens is 2. The van der Waals surface area contributed by atoms with Gasteiger partial charge in [0.15, 0.2) is 0 Å². The average Bonchev–Trinajstić information content (AvgIpc) is 2.97. The molecule has 6 nitrogen and oxygen atoms in total. The lowest BCUT2D eigenvalue weighted by Crippen LogP contribution is -2.34. The maximum Gasteiger partial charge on any atom is 0.315 e. The Labute approximate surface area is 128 Å². The molecule has 0 aliphatic carbocycles. The van der Waals surface area contributed by atoms with E-state index in [1.807, 2.05) is 33.0 Å². The standard InChI is InChI=1S/C14H20N4O2S/c1-9-5-6-11(21-9)7-15-14(19)16-8-12-10(2)17-18(3)13(12)20-4/h5-6H,7-8H2,1-4H3,(H2,15,16,19). The zero-order valence-corrected chi connectivity index (χ0v) is 13.5. The van der Waals surface area contributed by atoms with E-state index in [2.05, 4.69) is 15.7 Å². The van der Waals surface area contributed by atoms with Crippen LogP contribution in [0.25, 0.3) is 0 Å². The summed E-state index contributed by atoms with van der Waals surface area (Å²) >= 11 is 1.68. The molecule has 2 N–H and O–H groups in total. The van der Waals surface area contributed by atoms with Gasteiger partial charge in [-0.3, -0.25) is 0 Å². The highest BCUT2D eigenvalue weighted by Crippen LogP contribution is 2.20. The van der Waals surface area contributed by atoms with Crippen molar-refractivity contribution in [2.45, 2.75) is 26.9 Å². The van der Waals surface area contributed by atoms with Crippen molar-refractivity contribution in [3.05, 3.63) is 33.1 Å². The number of methoxy groups -OCH3 is 1. The van der Waals surface area contributed by atoms with Crippen LogP contribution in [0, 0.1) is 13.8 Å². The molecule has 2 aromatic heterocycles. The molecule has 2 aromatic rings. The van der Waals surface area contributed by atoms with Crippen molar-refractivity contribution in [2.24, 2.45) is 7.05 Å². The second-order valence-electron chi connectivity index (χ2n) is 4.75. The van der Waals surface area contributed by atoms with E-state index in [9.17, 15) is 4.79 Å². The number of amides is 2. The summed E-state index contributed by atoms with van der Waals surface area (Å²) in [4.78, 5) is 14.2. The minimum atomic E-state index is -0.202. The predicted molar refractivity (Wildman–Crippen MR) is 82.6 cm³/mol. The molecule has 114 valence electrons. The van der Waals surface area contributed by atoms with E-state index >= 15 is 0 Å². The van der Waals surface area contributed by atoms with Crippen molar-refractivity contribution in [1.82, 2.24) is 20.4 Å². The first-order valence-corrected chi connectivity index (χ1v) is 7.46. The van der Waals surface area contributed by atoms with Gasteiger partial charge >= 0.3 is 6.03 Å². The molecule has 2 amide bonds. The zero-order chi connectivity index (χ0) is 15.4. The summed E-state index contributed by atoms with van der Waals surface area (Å²) in [6.45, 7) is 4.86. The van der Waals surface area contributed by atoms with Crippen LogP contribution < -0.4 is 15.4 Å². The zero-order valence-electron chi connectivity index (χ0n) is 12.7. The molecule has 21 heavy (non-hydrogen) atoms. The largest absolute Gasteiger partial charge is 0.481 e. The highest BCUT2D eigenvalue weighted by atomic mass is 32.1. The van der Waals surface area contributed by atoms with Crippen LogP contribution in [0.1, 0.15) is 21.0 Å². The van der Waals surface area contributed by atoms with Crippen molar-refractivity contribution in [3.8, 4) is 5.88 Å². The molecule has 7 heteroatoms. The quantitative estimate of drug-likeness (QED) is 0.889. The number of carbonyl (C=O) groups excluding carboxylic acids is 1. The van der Waals surface area contributed by atoms with Gasteiger partial charge in [-0.25, -0.2) is 9.48 Å². The summed E-state index contributed by atoms with van der Waals surface area (Å²) in [5.74, 6) is 0.668. The third-order valence-electron chi connectivity index (χ3n) is 3.13. The molecule has 0 saturated heterocycles. The molecule has 2 rings (SSSR count). The maximum atomic E-state index is 11.8. The molecular formula is C14H20N4O2S. The van der Waals surface area contributed by atoms with Gasteiger partial charge in [0.25, 0.3) is 0 Å². The fraction of sp³-hybridized carbons (Fsp3) is 0.429. The Morgan fingerprint density at radius 1 is 1.33 bits per heavy atom. The summed E-state index contributed by atoms with van der Waals surface area (Å²) in [5, 5.41) is 9.94. The van der Waals surface area contributed by atoms with Gasteiger partial charge in [0, 0.05) is 16.8 Å². The summed E-state index contributed by atoms with van der Waals surface area (Å²) < 4.78 is 6.96. The minimum absolute atomic E-state index is 0.202. The third-order valence-corrected chi connectivity index (χ3v) is 4.13. The van der Waals surface area contributed by atoms with E-state index in [1.165, 1.54) is 4.88 Å². The van der Waals surface area contributed by atoms with Crippen LogP contribution in [0.4, 0.5) is 4.79 Å². The molecule has 0 aromatic carbocycles. The van der Waals surface area contributed by atoms with E-state index < -0.39 is 0 Å². The van der Waals surface area contributed by atoms with Crippen LogP contribution in [0.5, 0.6) is 5.88 Å². The van der Waals surface area contributed by atoms with Crippen molar-refractivity contribution < 1.29 is 9.53 Å². The van der Waals surface area contributed by atoms with Crippen LogP contribution in [0.15, 0.2) is 12.1 Å². The van der Waals surface area contributed by atoms with E-state index in [1.54, 1.807) is 23.1 Å². The Kier molecular flexibility index (Phi) is 4.85. The van der Waals surface area contributed by atoms with Gasteiger partial charge in [0.2, 0.25) is 5.88 Å². The number of thiophene rings is 1. The van der Waals surface area contributed by atoms with Crippen LogP contribution in [0.2, 0.25) is 0 Å². The number of ether oxygens (including phenoxy) is 1. The van der Waals surface area contributed by atoms with E-state index in [4.69, 9.17) is 4.74 Å². The first kappa shape index (κ1) is 15.4. The van der Waals surface area contributed by atoms with Gasteiger partial charge in [-0.05, 0) is 26.0 Å². The van der Waals surface area contributed by atoms with E-state index in [0.717, 1.165) is 16.1 Å². The van der Waals surface area contributed by atoms with E-state index in [0.29, 0.717) is 19.0 Å². The number of nitrogens with one attached hydrogen (secondary N) is 2. The molecular weight excluding hydrogens is 288 g/mol. The molecule has 0 unspecified atom stereocenters. The van der Waals surface area contributed by atoms with Gasteiger partial charge in [-0.2, -0.15) is 5.10 Å². The first-order valence-electron chi connectivity index (χ1n) is 6.64. The fourth-order valence-corrected chi connectivity index (χ4v) is 2.95. The Morgan fingerprint density at radius 3 is 2.67 bits per heavy atom. The molecule has 0 atom stereocenters. The van der Waals surface area contributed by atoms with Crippen molar-refractivity contribution in [3.63, 3.8) is 0 Å². The number of carbonyl (C=O) groups is 1. The summed E-state index contributed by atoms with van der Waals surface area (Å²) in [6.07, 6.45) is 0. The lowest BCUT2D eigenvalue weighted by atomic mass is 10.2. The monoisotopic (exact) mass is 308 g/mol. The molecule has 0 spiro atoms. The highest BCUT2D eigenvalue weighted by molar-refractivity contribution is 7.11. The lowest BCUT2D eigenvalue weighted by Gasteiger charge is -2.08. The number of urea groups is 1. The predicted octanol–water partition coefficient (Wildman–Crippen LogP) is 2.11. The second kappa shape index (κ2) is 6.62. The Bertz CT molecular complexity index is 633. The van der Waals surface area contributed by atoms with E-state index in [-0.39, 0.29) is 6.03 Å². The molecule has 2 heterocycles. The fourth-order valence-electron chi connectivity index (χ4n) is 2.12. The van der Waals surface area contributed by atoms with Gasteiger partial charge < -0.3 is 15.4 Å². The number of hydrogen-bond donors (Lipinski definition) is 2. The van der Waals surface area contributed by atoms with Gasteiger partial charge in [-0.1, -0.05) is 0 Å². The lowest BCUT2D eigenvalue weighted by molar-refractivity contribution is 0.240.